The van der Waals surface area contributed by atoms with E-state index in [9.17, 15) is 5.11 Å². The molecule has 0 aliphatic rings. The Morgan fingerprint density at radius 2 is 2.28 bits per heavy atom. The molecule has 1 aromatic carbocycles. The fourth-order valence-corrected chi connectivity index (χ4v) is 2.72. The monoisotopic (exact) mass is 258 g/mol. The van der Waals surface area contributed by atoms with Gasteiger partial charge in [0, 0.05) is 17.5 Å². The van der Waals surface area contributed by atoms with Crippen LogP contribution < -0.4 is 0 Å². The molecular weight excluding hydrogens is 244 g/mol. The number of benzene rings is 1. The molecule has 4 heteroatoms. The van der Waals surface area contributed by atoms with Crippen LogP contribution in [0.3, 0.4) is 0 Å². The zero-order valence-electron chi connectivity index (χ0n) is 10.3. The first-order chi connectivity index (χ1) is 8.51. The number of nitriles is 1. The van der Waals surface area contributed by atoms with Gasteiger partial charge in [0.2, 0.25) is 0 Å². The van der Waals surface area contributed by atoms with Crippen LogP contribution in [0.25, 0.3) is 0 Å². The average Bonchev–Trinajstić information content (AvgIpc) is 2.74. The van der Waals surface area contributed by atoms with Crippen molar-refractivity contribution in [3.63, 3.8) is 0 Å². The van der Waals surface area contributed by atoms with Gasteiger partial charge < -0.3 is 5.11 Å². The van der Waals surface area contributed by atoms with Crippen molar-refractivity contribution < 1.29 is 5.11 Å². The SMILES string of the molecule is Cc1csc(CC(C)(O)c2cccc(C#N)c2)n1. The number of hydrogen-bond acceptors (Lipinski definition) is 4. The quantitative estimate of drug-likeness (QED) is 0.921. The zero-order valence-corrected chi connectivity index (χ0v) is 11.2. The zero-order chi connectivity index (χ0) is 13.2. The second kappa shape index (κ2) is 4.89. The number of hydrogen-bond donors (Lipinski definition) is 1. The minimum absolute atomic E-state index is 0.459. The van der Waals surface area contributed by atoms with Crippen LogP contribution in [0.5, 0.6) is 0 Å². The summed E-state index contributed by atoms with van der Waals surface area (Å²) in [4.78, 5) is 4.36. The number of rotatable bonds is 3. The Labute approximate surface area is 110 Å². The lowest BCUT2D eigenvalue weighted by atomic mass is 9.92. The highest BCUT2D eigenvalue weighted by Crippen LogP contribution is 2.27. The average molecular weight is 258 g/mol. The summed E-state index contributed by atoms with van der Waals surface area (Å²) in [5.41, 5.74) is 1.27. The van der Waals surface area contributed by atoms with Gasteiger partial charge in [-0.2, -0.15) is 5.26 Å². The summed E-state index contributed by atoms with van der Waals surface area (Å²) in [6.45, 7) is 3.69. The summed E-state index contributed by atoms with van der Waals surface area (Å²) < 4.78 is 0. The maximum Gasteiger partial charge on any atom is 0.0991 e. The van der Waals surface area contributed by atoms with Gasteiger partial charge in [-0.05, 0) is 31.5 Å². The molecule has 0 aliphatic carbocycles. The lowest BCUT2D eigenvalue weighted by Gasteiger charge is -2.22. The van der Waals surface area contributed by atoms with Crippen molar-refractivity contribution in [3.8, 4) is 6.07 Å². The third-order valence-electron chi connectivity index (χ3n) is 2.78. The van der Waals surface area contributed by atoms with E-state index < -0.39 is 5.60 Å². The summed E-state index contributed by atoms with van der Waals surface area (Å²) in [5, 5.41) is 22.3. The maximum atomic E-state index is 10.5. The molecule has 3 nitrogen and oxygen atoms in total. The minimum atomic E-state index is -1.00. The van der Waals surface area contributed by atoms with Gasteiger partial charge in [0.25, 0.3) is 0 Å². The topological polar surface area (TPSA) is 56.9 Å². The molecule has 0 amide bonds. The molecule has 92 valence electrons. The molecule has 1 unspecified atom stereocenters. The van der Waals surface area contributed by atoms with E-state index in [-0.39, 0.29) is 0 Å². The first kappa shape index (κ1) is 12.7. The Morgan fingerprint density at radius 1 is 1.50 bits per heavy atom. The maximum absolute atomic E-state index is 10.5. The minimum Gasteiger partial charge on any atom is -0.385 e. The smallest absolute Gasteiger partial charge is 0.0991 e. The fraction of sp³-hybridized carbons (Fsp3) is 0.286. The van der Waals surface area contributed by atoms with E-state index in [0.29, 0.717) is 12.0 Å². The molecule has 1 heterocycles. The molecule has 0 fully saturated rings. The van der Waals surface area contributed by atoms with Crippen molar-refractivity contribution in [1.29, 1.82) is 5.26 Å². The molecule has 2 rings (SSSR count). The van der Waals surface area contributed by atoms with E-state index in [4.69, 9.17) is 5.26 Å². The van der Waals surface area contributed by atoms with Gasteiger partial charge in [0.1, 0.15) is 0 Å². The second-order valence-electron chi connectivity index (χ2n) is 4.53. The van der Waals surface area contributed by atoms with E-state index in [0.717, 1.165) is 16.3 Å². The molecule has 1 aromatic heterocycles. The molecule has 0 radical (unpaired) electrons. The Balaban J connectivity index is 2.27. The van der Waals surface area contributed by atoms with Crippen LogP contribution in [0.4, 0.5) is 0 Å². The van der Waals surface area contributed by atoms with E-state index in [1.807, 2.05) is 18.4 Å². The van der Waals surface area contributed by atoms with Gasteiger partial charge in [0.15, 0.2) is 0 Å². The summed E-state index contributed by atoms with van der Waals surface area (Å²) in [7, 11) is 0. The van der Waals surface area contributed by atoms with E-state index in [1.165, 1.54) is 0 Å². The highest BCUT2D eigenvalue weighted by Gasteiger charge is 2.25. The number of aryl methyl sites for hydroxylation is 1. The predicted molar refractivity (Wildman–Crippen MR) is 71.3 cm³/mol. The predicted octanol–water partition coefficient (Wildman–Crippen LogP) is 2.77. The number of aliphatic hydroxyl groups is 1. The van der Waals surface area contributed by atoms with Crippen molar-refractivity contribution >= 4 is 11.3 Å². The van der Waals surface area contributed by atoms with E-state index >= 15 is 0 Å². The van der Waals surface area contributed by atoms with Gasteiger partial charge in [-0.25, -0.2) is 4.98 Å². The Morgan fingerprint density at radius 3 is 2.89 bits per heavy atom. The first-order valence-electron chi connectivity index (χ1n) is 5.65. The lowest BCUT2D eigenvalue weighted by Crippen LogP contribution is -2.24. The highest BCUT2D eigenvalue weighted by atomic mass is 32.1. The Kier molecular flexibility index (Phi) is 3.46. The molecule has 0 bridgehead atoms. The van der Waals surface area contributed by atoms with Crippen LogP contribution in [0.2, 0.25) is 0 Å². The summed E-state index contributed by atoms with van der Waals surface area (Å²) in [5.74, 6) is 0. The fourth-order valence-electron chi connectivity index (χ4n) is 1.80. The van der Waals surface area contributed by atoms with Gasteiger partial charge >= 0.3 is 0 Å². The van der Waals surface area contributed by atoms with Gasteiger partial charge in [0.05, 0.1) is 22.2 Å². The summed E-state index contributed by atoms with van der Waals surface area (Å²) >= 11 is 1.54. The standard InChI is InChI=1S/C14H14N2OS/c1-10-9-18-13(16-10)7-14(2,17)12-5-3-4-11(6-12)8-15/h3-6,9,17H,7H2,1-2H3. The third-order valence-corrected chi connectivity index (χ3v) is 3.74. The van der Waals surface area contributed by atoms with Crippen molar-refractivity contribution in [2.45, 2.75) is 25.9 Å². The molecule has 1 atom stereocenters. The number of thiazole rings is 1. The van der Waals surface area contributed by atoms with Gasteiger partial charge in [-0.1, -0.05) is 12.1 Å². The molecule has 0 saturated heterocycles. The van der Waals surface area contributed by atoms with Crippen LogP contribution in [0.15, 0.2) is 29.6 Å². The molecule has 0 saturated carbocycles. The van der Waals surface area contributed by atoms with Crippen molar-refractivity contribution in [1.82, 2.24) is 4.98 Å². The first-order valence-corrected chi connectivity index (χ1v) is 6.53. The molecule has 1 N–H and O–H groups in total. The molecule has 0 aliphatic heterocycles. The Hall–Kier alpha value is -1.70. The van der Waals surface area contributed by atoms with Crippen LogP contribution in [0, 0.1) is 18.3 Å². The van der Waals surface area contributed by atoms with Crippen LogP contribution in [-0.2, 0) is 12.0 Å². The van der Waals surface area contributed by atoms with Crippen LogP contribution in [-0.4, -0.2) is 10.1 Å². The van der Waals surface area contributed by atoms with E-state index in [2.05, 4.69) is 11.1 Å². The van der Waals surface area contributed by atoms with Crippen LogP contribution in [0.1, 0.15) is 28.8 Å². The number of nitrogens with zero attached hydrogens (tertiary/aromatic N) is 2. The van der Waals surface area contributed by atoms with Crippen molar-refractivity contribution in [2.24, 2.45) is 0 Å². The van der Waals surface area contributed by atoms with E-state index in [1.54, 1.807) is 36.5 Å². The van der Waals surface area contributed by atoms with Crippen LogP contribution >= 0.6 is 11.3 Å². The normalized spacial score (nSPS) is 13.9. The number of aromatic nitrogens is 1. The molecule has 2 aromatic rings. The van der Waals surface area contributed by atoms with Crippen molar-refractivity contribution in [3.05, 3.63) is 51.5 Å². The molecular formula is C14H14N2OS. The highest BCUT2D eigenvalue weighted by molar-refractivity contribution is 7.09. The largest absolute Gasteiger partial charge is 0.385 e. The third kappa shape index (κ3) is 2.76. The van der Waals surface area contributed by atoms with Crippen molar-refractivity contribution in [2.75, 3.05) is 0 Å². The summed E-state index contributed by atoms with van der Waals surface area (Å²) in [6, 6.07) is 9.16. The van der Waals surface area contributed by atoms with Gasteiger partial charge in [-0.15, -0.1) is 11.3 Å². The van der Waals surface area contributed by atoms with Gasteiger partial charge in [-0.3, -0.25) is 0 Å². The molecule has 18 heavy (non-hydrogen) atoms. The second-order valence-corrected chi connectivity index (χ2v) is 5.47. The summed E-state index contributed by atoms with van der Waals surface area (Å²) in [6.07, 6.45) is 0.459. The Bertz CT molecular complexity index is 596. The lowest BCUT2D eigenvalue weighted by molar-refractivity contribution is 0.0575. The molecule has 0 spiro atoms.